The van der Waals surface area contributed by atoms with Crippen molar-refractivity contribution in [1.82, 2.24) is 14.9 Å². The Hall–Kier alpha value is -2.42. The van der Waals surface area contributed by atoms with Crippen molar-refractivity contribution in [3.63, 3.8) is 0 Å². The Morgan fingerprint density at radius 2 is 1.62 bits per heavy atom. The molecule has 0 atom stereocenters. The zero-order valence-electron chi connectivity index (χ0n) is 15.8. The Balaban J connectivity index is 1.82. The zero-order chi connectivity index (χ0) is 20.5. The van der Waals surface area contributed by atoms with Crippen LogP contribution in [0.1, 0.15) is 5.56 Å². The van der Waals surface area contributed by atoms with Crippen LogP contribution in [0, 0.1) is 0 Å². The van der Waals surface area contributed by atoms with Gasteiger partial charge >= 0.3 is 0 Å². The van der Waals surface area contributed by atoms with E-state index >= 15 is 0 Å². The predicted octanol–water partition coefficient (Wildman–Crippen LogP) is 4.64. The summed E-state index contributed by atoms with van der Waals surface area (Å²) in [5.41, 5.74) is 2.47. The number of ether oxygens (including phenoxy) is 3. The molecule has 0 amide bonds. The highest BCUT2D eigenvalue weighted by molar-refractivity contribution is 7.99. The van der Waals surface area contributed by atoms with E-state index in [-0.39, 0.29) is 0 Å². The van der Waals surface area contributed by atoms with Crippen LogP contribution in [0.4, 0.5) is 0 Å². The normalized spacial score (nSPS) is 12.9. The quantitative estimate of drug-likeness (QED) is 0.563. The monoisotopic (exact) mass is 450 g/mol. The summed E-state index contributed by atoms with van der Waals surface area (Å²) in [5, 5.41) is 15.0. The molecule has 2 heterocycles. The molecule has 1 aliphatic rings. The van der Waals surface area contributed by atoms with Crippen molar-refractivity contribution < 1.29 is 14.2 Å². The van der Waals surface area contributed by atoms with E-state index in [9.17, 15) is 0 Å². The number of fused-ring (bicyclic) bond motifs is 1. The molecule has 0 spiro atoms. The second-order valence-corrected chi connectivity index (χ2v) is 7.75. The number of benzene rings is 2. The third-order valence-corrected chi connectivity index (χ3v) is 6.02. The van der Waals surface area contributed by atoms with Gasteiger partial charge < -0.3 is 14.2 Å². The standard InChI is InChI=1S/C19H16Cl2N4O3S/c1-26-15-7-11(8-16(27-2)17(15)28-3)18-22-23-19-25(18)24-14(9-29-19)10-4-5-12(20)13(21)6-10/h4-8H,9H2,1-3H3. The van der Waals surface area contributed by atoms with Crippen LogP contribution < -0.4 is 14.2 Å². The molecule has 4 rings (SSSR count). The van der Waals surface area contributed by atoms with Crippen LogP contribution >= 0.6 is 35.0 Å². The van der Waals surface area contributed by atoms with Gasteiger partial charge in [0.15, 0.2) is 17.3 Å². The Labute approximate surface area is 181 Å². The second-order valence-electron chi connectivity index (χ2n) is 6.00. The molecule has 1 aromatic heterocycles. The van der Waals surface area contributed by atoms with Gasteiger partial charge in [-0.3, -0.25) is 0 Å². The maximum atomic E-state index is 6.17. The molecule has 3 aromatic rings. The molecule has 0 bridgehead atoms. The number of halogens is 2. The largest absolute Gasteiger partial charge is 0.493 e. The maximum absolute atomic E-state index is 6.17. The van der Waals surface area contributed by atoms with E-state index < -0.39 is 0 Å². The lowest BCUT2D eigenvalue weighted by atomic mass is 10.1. The zero-order valence-corrected chi connectivity index (χ0v) is 18.1. The fourth-order valence-electron chi connectivity index (χ4n) is 2.93. The van der Waals surface area contributed by atoms with Crippen molar-refractivity contribution >= 4 is 40.7 Å². The Bertz CT molecular complexity index is 1090. The molecule has 0 saturated carbocycles. The van der Waals surface area contributed by atoms with E-state index in [4.69, 9.17) is 42.5 Å². The van der Waals surface area contributed by atoms with Gasteiger partial charge in [-0.15, -0.1) is 10.2 Å². The minimum absolute atomic E-state index is 0.483. The van der Waals surface area contributed by atoms with Crippen molar-refractivity contribution in [2.75, 3.05) is 27.1 Å². The van der Waals surface area contributed by atoms with Crippen LogP contribution in [0.5, 0.6) is 17.2 Å². The van der Waals surface area contributed by atoms with Crippen LogP contribution in [-0.2, 0) is 0 Å². The molecule has 0 N–H and O–H groups in total. The van der Waals surface area contributed by atoms with E-state index in [0.29, 0.717) is 44.0 Å². The number of thioether (sulfide) groups is 1. The summed E-state index contributed by atoms with van der Waals surface area (Å²) in [4.78, 5) is 0. The molecule has 2 aromatic carbocycles. The van der Waals surface area contributed by atoms with Gasteiger partial charge in [0.25, 0.3) is 0 Å². The smallest absolute Gasteiger partial charge is 0.212 e. The van der Waals surface area contributed by atoms with Gasteiger partial charge in [0.1, 0.15) is 0 Å². The molecular formula is C19H16Cl2N4O3S. The first kappa shape index (κ1) is 19.9. The molecule has 0 saturated heterocycles. The highest BCUT2D eigenvalue weighted by atomic mass is 35.5. The molecule has 1 aliphatic heterocycles. The summed E-state index contributed by atoms with van der Waals surface area (Å²) >= 11 is 13.7. The third kappa shape index (κ3) is 3.63. The van der Waals surface area contributed by atoms with Gasteiger partial charge in [-0.1, -0.05) is 41.0 Å². The number of rotatable bonds is 5. The molecule has 0 radical (unpaired) electrons. The van der Waals surface area contributed by atoms with Crippen LogP contribution in [-0.4, -0.2) is 47.7 Å². The van der Waals surface area contributed by atoms with Gasteiger partial charge in [-0.05, 0) is 24.3 Å². The first-order chi connectivity index (χ1) is 14.0. The average Bonchev–Trinajstić information content (AvgIpc) is 3.17. The van der Waals surface area contributed by atoms with E-state index in [1.54, 1.807) is 49.9 Å². The summed E-state index contributed by atoms with van der Waals surface area (Å²) < 4.78 is 18.0. The van der Waals surface area contributed by atoms with Crippen molar-refractivity contribution in [1.29, 1.82) is 0 Å². The molecule has 0 aliphatic carbocycles. The molecule has 0 unspecified atom stereocenters. The molecular weight excluding hydrogens is 435 g/mol. The average molecular weight is 451 g/mol. The Kier molecular flexibility index (Phi) is 5.58. The van der Waals surface area contributed by atoms with Crippen LogP contribution in [0.3, 0.4) is 0 Å². The van der Waals surface area contributed by atoms with Gasteiger partial charge in [0.05, 0.1) is 37.1 Å². The summed E-state index contributed by atoms with van der Waals surface area (Å²) in [6.07, 6.45) is 0. The maximum Gasteiger partial charge on any atom is 0.212 e. The lowest BCUT2D eigenvalue weighted by Crippen LogP contribution is -2.13. The van der Waals surface area contributed by atoms with Gasteiger partial charge in [0.2, 0.25) is 10.9 Å². The number of methoxy groups -OCH3 is 3. The third-order valence-electron chi connectivity index (χ3n) is 4.35. The van der Waals surface area contributed by atoms with Gasteiger partial charge in [-0.2, -0.15) is 9.78 Å². The highest BCUT2D eigenvalue weighted by Crippen LogP contribution is 2.41. The van der Waals surface area contributed by atoms with Crippen LogP contribution in [0.2, 0.25) is 10.0 Å². The summed E-state index contributed by atoms with van der Waals surface area (Å²) in [6.45, 7) is 0. The first-order valence-electron chi connectivity index (χ1n) is 8.47. The lowest BCUT2D eigenvalue weighted by molar-refractivity contribution is 0.324. The van der Waals surface area contributed by atoms with Crippen molar-refractivity contribution in [3.8, 4) is 28.6 Å². The van der Waals surface area contributed by atoms with Crippen molar-refractivity contribution in [3.05, 3.63) is 45.9 Å². The van der Waals surface area contributed by atoms with E-state index in [0.717, 1.165) is 16.8 Å². The number of aromatic nitrogens is 3. The van der Waals surface area contributed by atoms with Crippen LogP contribution in [0.25, 0.3) is 11.4 Å². The summed E-state index contributed by atoms with van der Waals surface area (Å²) in [5.74, 6) is 2.76. The van der Waals surface area contributed by atoms with E-state index in [2.05, 4.69) is 10.2 Å². The summed E-state index contributed by atoms with van der Waals surface area (Å²) in [6, 6.07) is 9.08. The molecule has 0 fully saturated rings. The second kappa shape index (κ2) is 8.14. The summed E-state index contributed by atoms with van der Waals surface area (Å²) in [7, 11) is 4.69. The Morgan fingerprint density at radius 3 is 2.24 bits per heavy atom. The number of hydrogen-bond acceptors (Lipinski definition) is 7. The van der Waals surface area contributed by atoms with E-state index in [1.807, 2.05) is 18.2 Å². The lowest BCUT2D eigenvalue weighted by Gasteiger charge is -2.16. The number of nitrogens with zero attached hydrogens (tertiary/aromatic N) is 4. The fourth-order valence-corrected chi connectivity index (χ4v) is 4.07. The van der Waals surface area contributed by atoms with Crippen molar-refractivity contribution in [2.24, 2.45) is 5.10 Å². The molecule has 29 heavy (non-hydrogen) atoms. The van der Waals surface area contributed by atoms with Crippen molar-refractivity contribution in [2.45, 2.75) is 5.16 Å². The fraction of sp³-hybridized carbons (Fsp3) is 0.211. The predicted molar refractivity (Wildman–Crippen MR) is 114 cm³/mol. The molecule has 150 valence electrons. The minimum atomic E-state index is 0.483. The SMILES string of the molecule is COc1cc(-c2nnc3n2N=C(c2ccc(Cl)c(Cl)c2)CS3)cc(OC)c1OC. The molecule has 7 nitrogen and oxygen atoms in total. The van der Waals surface area contributed by atoms with Gasteiger partial charge in [0, 0.05) is 16.9 Å². The Morgan fingerprint density at radius 1 is 0.897 bits per heavy atom. The first-order valence-corrected chi connectivity index (χ1v) is 10.2. The molecule has 10 heteroatoms. The topological polar surface area (TPSA) is 70.8 Å². The van der Waals surface area contributed by atoms with Crippen LogP contribution in [0.15, 0.2) is 40.6 Å². The minimum Gasteiger partial charge on any atom is -0.493 e. The number of hydrogen-bond donors (Lipinski definition) is 0. The highest BCUT2D eigenvalue weighted by Gasteiger charge is 2.23. The van der Waals surface area contributed by atoms with E-state index in [1.165, 1.54) is 0 Å². The van der Waals surface area contributed by atoms with Gasteiger partial charge in [-0.25, -0.2) is 0 Å².